The minimum absolute atomic E-state index is 0.0502. The van der Waals surface area contributed by atoms with Crippen LogP contribution in [0.5, 0.6) is 11.5 Å². The second-order valence-electron chi connectivity index (χ2n) is 28.3. The first-order valence-electron chi connectivity index (χ1n) is 34.1. The van der Waals surface area contributed by atoms with Crippen LogP contribution in [0.3, 0.4) is 0 Å². The number of ether oxygens (including phenoxy) is 3. The summed E-state index contributed by atoms with van der Waals surface area (Å²) < 4.78 is 24.2. The predicted octanol–water partition coefficient (Wildman–Crippen LogP) is 9.67. The number of aryl methyl sites for hydroxylation is 1. The summed E-state index contributed by atoms with van der Waals surface area (Å²) in [5.74, 6) is -16.2. The molecule has 6 aromatic rings. The number of piperidine rings is 5. The fourth-order valence-corrected chi connectivity index (χ4v) is 16.1. The minimum atomic E-state index is -1.21. The van der Waals surface area contributed by atoms with Gasteiger partial charge >= 0.3 is 37.4 Å². The van der Waals surface area contributed by atoms with Crippen molar-refractivity contribution in [2.45, 2.75) is 109 Å². The fraction of sp³-hybridized carbons (Fsp3) is 0.338. The largest absolute Gasteiger partial charge is 0.184 e. The van der Waals surface area contributed by atoms with Gasteiger partial charge in [0.15, 0.2) is 6.10 Å². The first-order chi connectivity index (χ1) is 49.7. The molecule has 10 atom stereocenters. The average molecular weight is 1450 g/mol. The van der Waals surface area contributed by atoms with Gasteiger partial charge in [-0.1, -0.05) is 78.4 Å². The van der Waals surface area contributed by atoms with Crippen molar-refractivity contribution in [2.24, 2.45) is 47.3 Å². The third kappa shape index (κ3) is 15.5. The molecule has 1 N–H and O–H groups in total. The topological polar surface area (TPSA) is 287 Å². The second kappa shape index (κ2) is 31.2. The summed E-state index contributed by atoms with van der Waals surface area (Å²) in [5.41, 5.74) is 0.455. The van der Waals surface area contributed by atoms with Gasteiger partial charge in [0.05, 0.1) is 47.8 Å². The molecular formula is C80H78CoN6O17-2. The zero-order valence-electron chi connectivity index (χ0n) is 58.3. The van der Waals surface area contributed by atoms with Crippen LogP contribution in [0.25, 0.3) is 12.2 Å². The number of hydroxylamine groups is 2. The molecule has 2 aliphatic carbocycles. The smallest absolute Gasteiger partial charge is 0.171 e. The quantitative estimate of drug-likeness (QED) is 0.0292. The van der Waals surface area contributed by atoms with Crippen LogP contribution in [0.15, 0.2) is 164 Å². The number of carbonyl (C=O) groups is 12. The molecule has 7 aliphatic rings. The van der Waals surface area contributed by atoms with Gasteiger partial charge in [0.2, 0.25) is 47.3 Å². The SMILES string of the molecule is [CH2-]C(CC(ON1C(C)(C)CC(NC(=O)c2cc(N3C(=O)C4CC(C3=O)C3C(=O)N(c5cc(C)cc(OC(=O)/C=C/c6ccccc6)c5)C(=O)CC43)cc(N3C(=O)CC4C5CC(C(=O)N(C)C5=O)C4C3=O)c2)CC1(C)C)C(=O)Oc1ccc(/C=C/C(=O)OC)cc1)c1ccccc1.[O]=[Co].[c-]1ccccc1. The van der Waals surface area contributed by atoms with Crippen LogP contribution >= 0.6 is 0 Å². The van der Waals surface area contributed by atoms with E-state index < -0.39 is 148 Å². The van der Waals surface area contributed by atoms with Gasteiger partial charge in [-0.2, -0.15) is 41.5 Å². The molecule has 2 saturated carbocycles. The number of rotatable bonds is 17. The van der Waals surface area contributed by atoms with Crippen molar-refractivity contribution in [1.29, 1.82) is 0 Å². The molecule has 7 fully saturated rings. The summed E-state index contributed by atoms with van der Waals surface area (Å²) in [5, 5.41) is 4.87. The number of benzene rings is 6. The van der Waals surface area contributed by atoms with Crippen molar-refractivity contribution < 1.29 is 96.1 Å². The standard InChI is InChI=1S/C74H73N6O16.C6H5.Co.O/c1-40-27-47(33-51(28-40)94-62(84)26-22-42-15-11-9-12-16-42)77-59(81)37-53-55-35-57(64(53)71(77)91)69(89)79(68(55)88)49-31-45(30-48(32-49)78-60(82)36-52-54-34-56(63(52)70(78)90)67(87)76(7)66(54)86)65(85)75-46-38-73(3,4)80(74(5,6)39-46)96-58(29-41(2)44-17-13-10-14-18-44)72(92)95-50-23-19-43(20-24-50)21-25-61(83)93-8;1-2-4-6-5-3-1;;/h9-28,30-33,41,46,52-58,63-64H,2,29,34-39H2,1,3-8H3,(H,75,85);1-5H;;/q2*-1;;/b25-21+,26-22+;;;. The van der Waals surface area contributed by atoms with E-state index >= 15 is 14.4 Å². The fourth-order valence-electron chi connectivity index (χ4n) is 16.1. The number of anilines is 3. The molecule has 5 heterocycles. The molecule has 9 amide bonds. The third-order valence-corrected chi connectivity index (χ3v) is 20.5. The van der Waals surface area contributed by atoms with Crippen molar-refractivity contribution in [1.82, 2.24) is 15.3 Å². The third-order valence-electron chi connectivity index (χ3n) is 20.5. The van der Waals surface area contributed by atoms with E-state index in [0.29, 0.717) is 11.1 Å². The van der Waals surface area contributed by atoms with Gasteiger partial charge in [-0.3, -0.25) is 62.7 Å². The van der Waals surface area contributed by atoms with E-state index in [1.54, 1.807) is 72.7 Å². The van der Waals surface area contributed by atoms with E-state index in [0.717, 1.165) is 30.7 Å². The summed E-state index contributed by atoms with van der Waals surface area (Å²) in [7, 11) is 2.62. The van der Waals surface area contributed by atoms with Gasteiger partial charge in [0.25, 0.3) is 5.91 Å². The molecule has 4 bridgehead atoms. The van der Waals surface area contributed by atoms with Gasteiger partial charge in [0.1, 0.15) is 11.5 Å². The first-order valence-corrected chi connectivity index (χ1v) is 34.6. The number of esters is 3. The van der Waals surface area contributed by atoms with Crippen molar-refractivity contribution in [3.8, 4) is 11.5 Å². The monoisotopic (exact) mass is 1450 g/mol. The van der Waals surface area contributed by atoms with Crippen LogP contribution in [0.1, 0.15) is 111 Å². The van der Waals surface area contributed by atoms with E-state index in [4.69, 9.17) is 22.9 Å². The van der Waals surface area contributed by atoms with Crippen LogP contribution in [0.2, 0.25) is 0 Å². The Hall–Kier alpha value is -10.5. The minimum Gasteiger partial charge on any atom is -0.184 e. The maximum absolute atomic E-state index is 15.3. The Kier molecular flexibility index (Phi) is 22.4. The normalized spacial score (nSPS) is 23.9. The molecule has 5 saturated heterocycles. The van der Waals surface area contributed by atoms with Gasteiger partial charge < -0.3 is 26.5 Å². The Balaban J connectivity index is 0.00000128. The second-order valence-corrected chi connectivity index (χ2v) is 28.3. The van der Waals surface area contributed by atoms with E-state index in [2.05, 4.69) is 34.0 Å². The number of imide groups is 4. The van der Waals surface area contributed by atoms with Crippen LogP contribution in [0, 0.1) is 67.3 Å². The molecule has 0 aromatic heterocycles. The van der Waals surface area contributed by atoms with Crippen molar-refractivity contribution >= 4 is 100 Å². The molecule has 6 aromatic carbocycles. The zero-order valence-corrected chi connectivity index (χ0v) is 59.3. The number of amides is 9. The van der Waals surface area contributed by atoms with Crippen LogP contribution < -0.4 is 29.5 Å². The average Bonchev–Trinajstić information content (AvgIpc) is 1.56. The number of nitrogens with one attached hydrogen (secondary N) is 1. The van der Waals surface area contributed by atoms with E-state index in [-0.39, 0.29) is 79.1 Å². The summed E-state index contributed by atoms with van der Waals surface area (Å²) in [6.45, 7) is 13.6. The number of likely N-dealkylation sites (tertiary alicyclic amines) is 1. The number of hydrogen-bond acceptors (Lipinski definition) is 18. The Morgan fingerprint density at radius 3 is 1.64 bits per heavy atom. The van der Waals surface area contributed by atoms with Crippen LogP contribution in [-0.4, -0.2) is 118 Å². The molecular weight excluding hydrogens is 1380 g/mol. The Morgan fingerprint density at radius 2 is 1.09 bits per heavy atom. The molecule has 0 spiro atoms. The van der Waals surface area contributed by atoms with Crippen molar-refractivity contribution in [3.63, 3.8) is 0 Å². The number of nitrogens with zero attached hydrogens (tertiary/aromatic N) is 5. The van der Waals surface area contributed by atoms with Crippen LogP contribution in [-0.2, 0) is 81.8 Å². The van der Waals surface area contributed by atoms with Crippen LogP contribution in [0.4, 0.5) is 17.1 Å². The van der Waals surface area contributed by atoms with Crippen molar-refractivity contribution in [3.05, 3.63) is 205 Å². The number of fused-ring (bicyclic) bond motifs is 10. The summed E-state index contributed by atoms with van der Waals surface area (Å²) in [4.78, 5) is 181. The molecule has 104 heavy (non-hydrogen) atoms. The van der Waals surface area contributed by atoms with Gasteiger partial charge in [-0.05, 0) is 150 Å². The molecule has 541 valence electrons. The summed E-state index contributed by atoms with van der Waals surface area (Å²) in [6, 6.07) is 45.3. The van der Waals surface area contributed by atoms with Crippen molar-refractivity contribution in [2.75, 3.05) is 28.9 Å². The predicted molar refractivity (Wildman–Crippen MR) is 374 cm³/mol. The molecule has 13 rings (SSSR count). The van der Waals surface area contributed by atoms with Gasteiger partial charge in [-0.15, -0.1) is 5.92 Å². The molecule has 24 heteroatoms. The number of methoxy groups -OCH3 is 1. The summed E-state index contributed by atoms with van der Waals surface area (Å²) >= 11 is 2.31. The number of hydrogen-bond donors (Lipinski definition) is 1. The number of carbonyl (C=O) groups excluding carboxylic acids is 12. The molecule has 23 nitrogen and oxygen atoms in total. The molecule has 0 radical (unpaired) electrons. The molecule has 5 aliphatic heterocycles. The Morgan fingerprint density at radius 1 is 0.587 bits per heavy atom. The first kappa shape index (κ1) is 74.6. The van der Waals surface area contributed by atoms with Gasteiger partial charge in [0, 0.05) is 72.6 Å². The molecule has 10 unspecified atom stereocenters. The van der Waals surface area contributed by atoms with E-state index in [9.17, 15) is 43.2 Å². The summed E-state index contributed by atoms with van der Waals surface area (Å²) in [6.07, 6.45) is 4.37. The maximum atomic E-state index is 15.3. The Labute approximate surface area is 609 Å². The van der Waals surface area contributed by atoms with E-state index in [1.807, 2.05) is 107 Å². The Bertz CT molecular complexity index is 4390. The van der Waals surface area contributed by atoms with Gasteiger partial charge in [-0.25, -0.2) is 19.3 Å². The van der Waals surface area contributed by atoms with E-state index in [1.165, 1.54) is 50.6 Å². The maximum Gasteiger partial charge on any atom is -0.171 e. The zero-order chi connectivity index (χ0) is 74.6.